The number of thiophene rings is 1. The van der Waals surface area contributed by atoms with Crippen LogP contribution in [0.2, 0.25) is 0 Å². The molecule has 0 aliphatic carbocycles. The van der Waals surface area contributed by atoms with E-state index < -0.39 is 0 Å². The molecule has 2 heterocycles. The molecule has 1 aromatic heterocycles. The van der Waals surface area contributed by atoms with Crippen molar-refractivity contribution in [3.63, 3.8) is 0 Å². The zero-order valence-corrected chi connectivity index (χ0v) is 20.2. The highest BCUT2D eigenvalue weighted by Crippen LogP contribution is 2.15. The van der Waals surface area contributed by atoms with Crippen molar-refractivity contribution in [2.75, 3.05) is 54.1 Å². The maximum Gasteiger partial charge on any atom is 0.243 e. The monoisotopic (exact) mass is 524 g/mol. The zero-order valence-electron chi connectivity index (χ0n) is 17.1. The Morgan fingerprint density at radius 3 is 2.71 bits per heavy atom. The third-order valence-corrected chi connectivity index (χ3v) is 5.33. The summed E-state index contributed by atoms with van der Waals surface area (Å²) < 4.78 is 11.0. The molecule has 0 radical (unpaired) electrons. The van der Waals surface area contributed by atoms with E-state index in [-0.39, 0.29) is 36.4 Å². The largest absolute Gasteiger partial charge is 0.385 e. The minimum Gasteiger partial charge on any atom is -0.385 e. The molecule has 9 heteroatoms. The van der Waals surface area contributed by atoms with Gasteiger partial charge in [-0.25, -0.2) is 4.99 Å². The molecule has 0 spiro atoms. The van der Waals surface area contributed by atoms with Gasteiger partial charge in [-0.2, -0.15) is 0 Å². The fourth-order valence-electron chi connectivity index (χ4n) is 2.82. The summed E-state index contributed by atoms with van der Waals surface area (Å²) in [6.45, 7) is 4.12. The lowest BCUT2D eigenvalue weighted by atomic mass is 10.1. The van der Waals surface area contributed by atoms with Crippen molar-refractivity contribution in [1.29, 1.82) is 0 Å². The Labute approximate surface area is 189 Å². The number of aliphatic imine (C=N–C) groups is 1. The van der Waals surface area contributed by atoms with E-state index in [0.717, 1.165) is 58.1 Å². The predicted molar refractivity (Wildman–Crippen MR) is 125 cm³/mol. The Morgan fingerprint density at radius 1 is 1.36 bits per heavy atom. The third-order valence-electron chi connectivity index (χ3n) is 4.45. The summed E-state index contributed by atoms with van der Waals surface area (Å²) in [5.74, 6) is 0.804. The number of guanidine groups is 1. The summed E-state index contributed by atoms with van der Waals surface area (Å²) in [4.78, 5) is 21.5. The molecule has 1 fully saturated rings. The van der Waals surface area contributed by atoms with E-state index in [1.54, 1.807) is 37.4 Å². The average molecular weight is 524 g/mol. The molecule has 0 unspecified atom stereocenters. The van der Waals surface area contributed by atoms with Gasteiger partial charge in [0.25, 0.3) is 0 Å². The maximum atomic E-state index is 11.9. The molecule has 7 nitrogen and oxygen atoms in total. The molecule has 0 saturated carbocycles. The van der Waals surface area contributed by atoms with Gasteiger partial charge < -0.3 is 24.6 Å². The third kappa shape index (κ3) is 9.06. The number of piperidine rings is 1. The lowest BCUT2D eigenvalue weighted by molar-refractivity contribution is -0.127. The van der Waals surface area contributed by atoms with Gasteiger partial charge in [0.05, 0.1) is 12.6 Å². The highest BCUT2D eigenvalue weighted by molar-refractivity contribution is 14.0. The number of likely N-dealkylation sites (N-methyl/N-ethyl adjacent to an activating group) is 1. The van der Waals surface area contributed by atoms with Crippen LogP contribution in [0.15, 0.2) is 22.5 Å². The lowest BCUT2D eigenvalue weighted by Crippen LogP contribution is -2.47. The van der Waals surface area contributed by atoms with Crippen LogP contribution in [0.3, 0.4) is 0 Å². The van der Waals surface area contributed by atoms with Crippen molar-refractivity contribution >= 4 is 47.2 Å². The van der Waals surface area contributed by atoms with Crippen LogP contribution < -0.4 is 5.32 Å². The van der Waals surface area contributed by atoms with Gasteiger partial charge in [0.2, 0.25) is 5.91 Å². The number of methoxy groups -OCH3 is 1. The van der Waals surface area contributed by atoms with Gasteiger partial charge >= 0.3 is 0 Å². The molecular formula is C19H33IN4O3S. The van der Waals surface area contributed by atoms with Gasteiger partial charge in [0, 0.05) is 52.4 Å². The maximum absolute atomic E-state index is 11.9. The van der Waals surface area contributed by atoms with Crippen molar-refractivity contribution in [3.05, 3.63) is 22.4 Å². The Hall–Kier alpha value is -0.910. The average Bonchev–Trinajstić information content (AvgIpc) is 3.19. The summed E-state index contributed by atoms with van der Waals surface area (Å²) in [5.41, 5.74) is 0. The van der Waals surface area contributed by atoms with Gasteiger partial charge in [0.15, 0.2) is 5.96 Å². The topological polar surface area (TPSA) is 66.4 Å². The minimum absolute atomic E-state index is 0. The fourth-order valence-corrected chi connectivity index (χ4v) is 3.46. The molecule has 160 valence electrons. The molecule has 1 N–H and O–H groups in total. The van der Waals surface area contributed by atoms with Crippen molar-refractivity contribution in [2.24, 2.45) is 4.99 Å². The number of amides is 1. The molecule has 28 heavy (non-hydrogen) atoms. The highest BCUT2D eigenvalue weighted by Gasteiger charge is 2.22. The summed E-state index contributed by atoms with van der Waals surface area (Å²) >= 11 is 1.71. The van der Waals surface area contributed by atoms with Crippen LogP contribution in [0, 0.1) is 0 Å². The molecule has 1 aromatic rings. The summed E-state index contributed by atoms with van der Waals surface area (Å²) in [7, 11) is 5.22. The number of rotatable bonds is 9. The summed E-state index contributed by atoms with van der Waals surface area (Å²) in [5, 5.41) is 5.48. The minimum atomic E-state index is 0. The van der Waals surface area contributed by atoms with Crippen molar-refractivity contribution in [2.45, 2.75) is 31.9 Å². The Kier molecular flexibility index (Phi) is 12.7. The van der Waals surface area contributed by atoms with E-state index in [9.17, 15) is 4.79 Å². The zero-order chi connectivity index (χ0) is 19.5. The van der Waals surface area contributed by atoms with Crippen LogP contribution in [-0.2, 0) is 20.8 Å². The molecule has 0 bridgehead atoms. The SMILES string of the molecule is COCCCOC1CCN(C(=NCC(=O)N(C)C)NCc2cccs2)CC1.I. The molecule has 1 aliphatic heterocycles. The second kappa shape index (κ2) is 14.1. The van der Waals surface area contributed by atoms with Crippen LogP contribution in [0.4, 0.5) is 0 Å². The molecular weight excluding hydrogens is 491 g/mol. The Morgan fingerprint density at radius 2 is 2.11 bits per heavy atom. The number of nitrogens with one attached hydrogen (secondary N) is 1. The van der Waals surface area contributed by atoms with E-state index in [1.165, 1.54) is 4.88 Å². The first-order valence-electron chi connectivity index (χ1n) is 9.46. The van der Waals surface area contributed by atoms with Gasteiger partial charge in [-0.15, -0.1) is 35.3 Å². The van der Waals surface area contributed by atoms with E-state index in [1.807, 2.05) is 6.07 Å². The first-order valence-corrected chi connectivity index (χ1v) is 10.3. The predicted octanol–water partition coefficient (Wildman–Crippen LogP) is 2.42. The van der Waals surface area contributed by atoms with E-state index in [4.69, 9.17) is 9.47 Å². The van der Waals surface area contributed by atoms with Gasteiger partial charge in [-0.05, 0) is 30.7 Å². The molecule has 1 saturated heterocycles. The highest BCUT2D eigenvalue weighted by atomic mass is 127. The first-order chi connectivity index (χ1) is 13.1. The lowest BCUT2D eigenvalue weighted by Gasteiger charge is -2.34. The van der Waals surface area contributed by atoms with Crippen molar-refractivity contribution < 1.29 is 14.3 Å². The standard InChI is InChI=1S/C19H32N4O3S.HI/c1-22(2)18(24)15-21-19(20-14-17-6-4-13-27-17)23-9-7-16(8-10-23)26-12-5-11-25-3;/h4,6,13,16H,5,7-12,14-15H2,1-3H3,(H,20,21);1H. The van der Waals surface area contributed by atoms with Crippen LogP contribution in [0.25, 0.3) is 0 Å². The number of hydrogen-bond acceptors (Lipinski definition) is 5. The Balaban J connectivity index is 0.00000392. The molecule has 1 aliphatic rings. The fraction of sp³-hybridized carbons (Fsp3) is 0.684. The number of carbonyl (C=O) groups is 1. The molecule has 0 aromatic carbocycles. The molecule has 2 rings (SSSR count). The first kappa shape index (κ1) is 25.1. The van der Waals surface area contributed by atoms with E-state index >= 15 is 0 Å². The van der Waals surface area contributed by atoms with E-state index in [0.29, 0.717) is 6.10 Å². The summed E-state index contributed by atoms with van der Waals surface area (Å²) in [6.07, 6.45) is 3.15. The van der Waals surface area contributed by atoms with Gasteiger partial charge in [0.1, 0.15) is 6.54 Å². The van der Waals surface area contributed by atoms with E-state index in [2.05, 4.69) is 26.7 Å². The van der Waals surface area contributed by atoms with Gasteiger partial charge in [-0.3, -0.25) is 4.79 Å². The number of nitrogens with zero attached hydrogens (tertiary/aromatic N) is 3. The number of hydrogen-bond donors (Lipinski definition) is 1. The van der Waals surface area contributed by atoms with Gasteiger partial charge in [-0.1, -0.05) is 6.07 Å². The number of carbonyl (C=O) groups excluding carboxylic acids is 1. The van der Waals surface area contributed by atoms with Crippen molar-refractivity contribution in [1.82, 2.24) is 15.1 Å². The molecule has 0 atom stereocenters. The second-order valence-electron chi connectivity index (χ2n) is 6.76. The van der Waals surface area contributed by atoms with Crippen LogP contribution in [0.5, 0.6) is 0 Å². The second-order valence-corrected chi connectivity index (χ2v) is 7.80. The van der Waals surface area contributed by atoms with Crippen LogP contribution in [0.1, 0.15) is 24.1 Å². The number of ether oxygens (including phenoxy) is 2. The number of halogens is 1. The number of likely N-dealkylation sites (tertiary alicyclic amines) is 1. The van der Waals surface area contributed by atoms with Crippen LogP contribution in [-0.4, -0.2) is 81.8 Å². The smallest absolute Gasteiger partial charge is 0.243 e. The van der Waals surface area contributed by atoms with Crippen LogP contribution >= 0.6 is 35.3 Å². The Bertz CT molecular complexity index is 576. The normalized spacial score (nSPS) is 15.2. The summed E-state index contributed by atoms with van der Waals surface area (Å²) in [6, 6.07) is 4.14. The quantitative estimate of drug-likeness (QED) is 0.233. The molecule has 1 amide bonds. The van der Waals surface area contributed by atoms with Crippen molar-refractivity contribution in [3.8, 4) is 0 Å².